The molecule has 1 atom stereocenters. The van der Waals surface area contributed by atoms with Crippen LogP contribution in [0, 0.1) is 6.92 Å². The normalized spacial score (nSPS) is 14.6. The number of urea groups is 1. The highest BCUT2D eigenvalue weighted by molar-refractivity contribution is 6.30. The Hall–Kier alpha value is -4.04. The zero-order valence-electron chi connectivity index (χ0n) is 17.0. The molecular weight excluding hydrogens is 426 g/mol. The largest absolute Gasteiger partial charge is 0.321 e. The molecule has 158 valence electrons. The van der Waals surface area contributed by atoms with Crippen molar-refractivity contribution >= 4 is 29.0 Å². The maximum atomic E-state index is 12.8. The van der Waals surface area contributed by atoms with Crippen LogP contribution in [0.2, 0.25) is 5.02 Å². The van der Waals surface area contributed by atoms with Gasteiger partial charge in [0.2, 0.25) is 0 Å². The summed E-state index contributed by atoms with van der Waals surface area (Å²) < 4.78 is 1.91. The molecule has 0 saturated carbocycles. The Bertz CT molecular complexity index is 1320. The lowest BCUT2D eigenvalue weighted by Gasteiger charge is -2.15. The summed E-state index contributed by atoms with van der Waals surface area (Å²) in [5.41, 5.74) is 3.94. The molecule has 2 aromatic carbocycles. The van der Waals surface area contributed by atoms with Gasteiger partial charge in [-0.15, -0.1) is 10.2 Å². The number of hydrogen-bond donors (Lipinski definition) is 2. The lowest BCUT2D eigenvalue weighted by atomic mass is 10.0. The molecule has 2 amide bonds. The summed E-state index contributed by atoms with van der Waals surface area (Å²) >= 11 is 6.10. The van der Waals surface area contributed by atoms with E-state index in [1.54, 1.807) is 24.5 Å². The number of fused-ring (bicyclic) bond motifs is 3. The summed E-state index contributed by atoms with van der Waals surface area (Å²) in [7, 11) is 0. The van der Waals surface area contributed by atoms with Crippen LogP contribution in [0.15, 0.2) is 78.0 Å². The van der Waals surface area contributed by atoms with Gasteiger partial charge in [0.1, 0.15) is 5.82 Å². The van der Waals surface area contributed by atoms with Crippen molar-refractivity contribution in [1.29, 1.82) is 0 Å². The van der Waals surface area contributed by atoms with Crippen molar-refractivity contribution in [3.05, 3.63) is 101 Å². The van der Waals surface area contributed by atoms with Crippen LogP contribution in [0.3, 0.4) is 0 Å². The molecule has 0 saturated heterocycles. The van der Waals surface area contributed by atoms with Gasteiger partial charge in [-0.25, -0.2) is 4.79 Å². The first-order valence-electron chi connectivity index (χ1n) is 9.93. The van der Waals surface area contributed by atoms with Gasteiger partial charge in [0, 0.05) is 22.3 Å². The van der Waals surface area contributed by atoms with Crippen LogP contribution >= 0.6 is 11.6 Å². The van der Waals surface area contributed by atoms with E-state index in [1.165, 1.54) is 0 Å². The summed E-state index contributed by atoms with van der Waals surface area (Å²) in [4.78, 5) is 21.7. The molecule has 2 N–H and O–H groups in total. The van der Waals surface area contributed by atoms with Gasteiger partial charge in [0.25, 0.3) is 0 Å². The standard InChI is InChI=1S/C23H18ClN7O/c1-14-29-30-22-21(28-23(32)26-17-5-4-12-25-13-17)27-20(15-8-10-16(24)11-9-15)18-6-2-3-7-19(18)31(14)22/h2-13,21H,1H3,(H2,26,28,32). The Balaban J connectivity index is 1.61. The Kier molecular flexibility index (Phi) is 5.12. The smallest absolute Gasteiger partial charge is 0.309 e. The number of amides is 2. The lowest BCUT2D eigenvalue weighted by Crippen LogP contribution is -2.33. The highest BCUT2D eigenvalue weighted by atomic mass is 35.5. The number of rotatable bonds is 3. The van der Waals surface area contributed by atoms with E-state index in [-0.39, 0.29) is 0 Å². The number of pyridine rings is 1. The van der Waals surface area contributed by atoms with Crippen LogP contribution < -0.4 is 10.6 Å². The third-order valence-corrected chi connectivity index (χ3v) is 5.31. The van der Waals surface area contributed by atoms with E-state index in [0.717, 1.165) is 16.8 Å². The van der Waals surface area contributed by atoms with Gasteiger partial charge in [0.15, 0.2) is 12.0 Å². The van der Waals surface area contributed by atoms with E-state index < -0.39 is 12.2 Å². The Labute approximate surface area is 189 Å². The fourth-order valence-electron chi connectivity index (χ4n) is 3.64. The number of carbonyl (C=O) groups excluding carboxylic acids is 1. The highest BCUT2D eigenvalue weighted by Gasteiger charge is 2.29. The number of aromatic nitrogens is 4. The Morgan fingerprint density at radius 1 is 1.03 bits per heavy atom. The van der Waals surface area contributed by atoms with E-state index in [2.05, 4.69) is 25.8 Å². The first-order valence-corrected chi connectivity index (χ1v) is 10.3. The second-order valence-corrected chi connectivity index (χ2v) is 7.62. The van der Waals surface area contributed by atoms with Crippen LogP contribution in [0.4, 0.5) is 10.5 Å². The van der Waals surface area contributed by atoms with E-state index in [0.29, 0.717) is 28.1 Å². The molecule has 1 aliphatic heterocycles. The summed E-state index contributed by atoms with van der Waals surface area (Å²) in [6.45, 7) is 1.87. The fraction of sp³-hybridized carbons (Fsp3) is 0.0870. The molecule has 0 bridgehead atoms. The van der Waals surface area contributed by atoms with E-state index >= 15 is 0 Å². The SMILES string of the molecule is Cc1nnc2n1-c1ccccc1C(c1ccc(Cl)cc1)=NC2NC(=O)Nc1cccnc1. The van der Waals surface area contributed by atoms with Gasteiger partial charge < -0.3 is 10.6 Å². The van der Waals surface area contributed by atoms with E-state index in [9.17, 15) is 4.79 Å². The molecule has 32 heavy (non-hydrogen) atoms. The molecule has 4 aromatic rings. The molecular formula is C23H18ClN7O. The average molecular weight is 444 g/mol. The number of nitrogens with one attached hydrogen (secondary N) is 2. The summed E-state index contributed by atoms with van der Waals surface area (Å²) in [5, 5.41) is 14.9. The first kappa shape index (κ1) is 19.9. The van der Waals surface area contributed by atoms with Gasteiger partial charge in [0.05, 0.1) is 23.3 Å². The molecule has 2 aromatic heterocycles. The number of hydrogen-bond acceptors (Lipinski definition) is 5. The van der Waals surface area contributed by atoms with Gasteiger partial charge >= 0.3 is 6.03 Å². The number of anilines is 1. The van der Waals surface area contributed by atoms with Crippen molar-refractivity contribution in [2.45, 2.75) is 13.1 Å². The molecule has 8 nitrogen and oxygen atoms in total. The van der Waals surface area contributed by atoms with Crippen LogP contribution in [0.25, 0.3) is 5.69 Å². The van der Waals surface area contributed by atoms with Crippen LogP contribution in [-0.2, 0) is 0 Å². The molecule has 0 fully saturated rings. The minimum absolute atomic E-state index is 0.430. The average Bonchev–Trinajstić information content (AvgIpc) is 3.13. The number of benzene rings is 2. The van der Waals surface area contributed by atoms with Crippen LogP contribution in [0.5, 0.6) is 0 Å². The maximum absolute atomic E-state index is 12.8. The van der Waals surface area contributed by atoms with Crippen LogP contribution in [-0.4, -0.2) is 31.5 Å². The van der Waals surface area contributed by atoms with Crippen molar-refractivity contribution in [1.82, 2.24) is 25.1 Å². The minimum Gasteiger partial charge on any atom is -0.309 e. The second-order valence-electron chi connectivity index (χ2n) is 7.19. The zero-order valence-corrected chi connectivity index (χ0v) is 17.8. The molecule has 0 spiro atoms. The molecule has 5 rings (SSSR count). The Morgan fingerprint density at radius 2 is 1.84 bits per heavy atom. The topological polar surface area (TPSA) is 97.1 Å². The predicted octanol–water partition coefficient (Wildman–Crippen LogP) is 4.30. The van der Waals surface area contributed by atoms with Crippen LogP contribution in [0.1, 0.15) is 28.9 Å². The number of carbonyl (C=O) groups is 1. The van der Waals surface area contributed by atoms with Crippen molar-refractivity contribution in [2.75, 3.05) is 5.32 Å². The second kappa shape index (κ2) is 8.24. The summed E-state index contributed by atoms with van der Waals surface area (Å²) in [6, 6.07) is 18.4. The monoisotopic (exact) mass is 443 g/mol. The molecule has 1 unspecified atom stereocenters. The predicted molar refractivity (Wildman–Crippen MR) is 122 cm³/mol. The number of para-hydroxylation sites is 1. The summed E-state index contributed by atoms with van der Waals surface area (Å²) in [6.07, 6.45) is 2.43. The Morgan fingerprint density at radius 3 is 2.62 bits per heavy atom. The number of nitrogens with zero attached hydrogens (tertiary/aromatic N) is 5. The van der Waals surface area contributed by atoms with Gasteiger partial charge in [-0.1, -0.05) is 41.9 Å². The van der Waals surface area contributed by atoms with Crippen molar-refractivity contribution < 1.29 is 4.79 Å². The van der Waals surface area contributed by atoms with Gasteiger partial charge in [-0.05, 0) is 37.3 Å². The molecule has 0 aliphatic carbocycles. The van der Waals surface area contributed by atoms with Crippen molar-refractivity contribution in [3.8, 4) is 5.69 Å². The van der Waals surface area contributed by atoms with Crippen molar-refractivity contribution in [3.63, 3.8) is 0 Å². The number of aliphatic imine (C=N–C) groups is 1. The minimum atomic E-state index is -0.772. The third kappa shape index (κ3) is 3.72. The first-order chi connectivity index (χ1) is 15.6. The molecule has 0 radical (unpaired) electrons. The summed E-state index contributed by atoms with van der Waals surface area (Å²) in [5.74, 6) is 1.21. The maximum Gasteiger partial charge on any atom is 0.321 e. The number of halogens is 1. The lowest BCUT2D eigenvalue weighted by molar-refractivity contribution is 0.248. The quantitative estimate of drug-likeness (QED) is 0.493. The van der Waals surface area contributed by atoms with Gasteiger partial charge in [-0.2, -0.15) is 0 Å². The van der Waals surface area contributed by atoms with E-state index in [4.69, 9.17) is 16.6 Å². The van der Waals surface area contributed by atoms with E-state index in [1.807, 2.05) is 60.0 Å². The third-order valence-electron chi connectivity index (χ3n) is 5.06. The zero-order chi connectivity index (χ0) is 22.1. The number of aryl methyl sites for hydroxylation is 1. The molecule has 1 aliphatic rings. The molecule has 9 heteroatoms. The van der Waals surface area contributed by atoms with Gasteiger partial charge in [-0.3, -0.25) is 14.5 Å². The van der Waals surface area contributed by atoms with Crippen molar-refractivity contribution in [2.24, 2.45) is 4.99 Å². The fourth-order valence-corrected chi connectivity index (χ4v) is 3.77. The molecule has 3 heterocycles. The highest BCUT2D eigenvalue weighted by Crippen LogP contribution is 2.30.